The van der Waals surface area contributed by atoms with Gasteiger partial charge in [0.25, 0.3) is 0 Å². The zero-order valence-electron chi connectivity index (χ0n) is 13.8. The maximum absolute atomic E-state index is 5.44. The number of hydrogen-bond donors (Lipinski definition) is 1. The largest absolute Gasteiger partial charge is 0.496 e. The number of para-hydroxylation sites is 1. The van der Waals surface area contributed by atoms with Crippen LogP contribution in [0.1, 0.15) is 38.7 Å². The van der Waals surface area contributed by atoms with E-state index in [1.807, 2.05) is 12.1 Å². The van der Waals surface area contributed by atoms with Crippen molar-refractivity contribution in [1.82, 2.24) is 10.2 Å². The Bertz CT molecular complexity index is 415. The molecule has 1 N–H and O–H groups in total. The second-order valence-corrected chi connectivity index (χ2v) is 6.35. The van der Waals surface area contributed by atoms with Crippen molar-refractivity contribution < 1.29 is 4.74 Å². The SMILES string of the molecule is COc1ccccc1CC(C)NC(C)CN1CCCCC1. The van der Waals surface area contributed by atoms with Gasteiger partial charge in [0.2, 0.25) is 0 Å². The minimum atomic E-state index is 0.459. The number of benzene rings is 1. The summed E-state index contributed by atoms with van der Waals surface area (Å²) in [6, 6.07) is 9.31. The molecule has 3 heteroatoms. The summed E-state index contributed by atoms with van der Waals surface area (Å²) in [4.78, 5) is 2.59. The van der Waals surface area contributed by atoms with Crippen LogP contribution in [0.2, 0.25) is 0 Å². The number of ether oxygens (including phenoxy) is 1. The Morgan fingerprint density at radius 3 is 2.52 bits per heavy atom. The smallest absolute Gasteiger partial charge is 0.122 e. The molecule has 2 atom stereocenters. The van der Waals surface area contributed by atoms with Gasteiger partial charge >= 0.3 is 0 Å². The Hall–Kier alpha value is -1.06. The lowest BCUT2D eigenvalue weighted by atomic mass is 10.0. The maximum atomic E-state index is 5.44. The highest BCUT2D eigenvalue weighted by molar-refractivity contribution is 5.33. The third-order valence-corrected chi connectivity index (χ3v) is 4.27. The van der Waals surface area contributed by atoms with E-state index >= 15 is 0 Å². The molecule has 21 heavy (non-hydrogen) atoms. The minimum absolute atomic E-state index is 0.459. The number of piperidine rings is 1. The molecule has 1 aliphatic rings. The summed E-state index contributed by atoms with van der Waals surface area (Å²) >= 11 is 0. The monoisotopic (exact) mass is 290 g/mol. The van der Waals surface area contributed by atoms with E-state index in [4.69, 9.17) is 4.74 Å². The molecule has 118 valence electrons. The van der Waals surface area contributed by atoms with Gasteiger partial charge in [-0.05, 0) is 57.8 Å². The van der Waals surface area contributed by atoms with Crippen molar-refractivity contribution in [2.45, 2.75) is 51.6 Å². The molecule has 1 aliphatic heterocycles. The van der Waals surface area contributed by atoms with Crippen molar-refractivity contribution in [2.24, 2.45) is 0 Å². The summed E-state index contributed by atoms with van der Waals surface area (Å²) in [6.45, 7) is 8.27. The van der Waals surface area contributed by atoms with Crippen LogP contribution in [-0.2, 0) is 6.42 Å². The van der Waals surface area contributed by atoms with Gasteiger partial charge in [-0.25, -0.2) is 0 Å². The Kier molecular flexibility index (Phi) is 6.52. The van der Waals surface area contributed by atoms with Crippen LogP contribution in [0.3, 0.4) is 0 Å². The van der Waals surface area contributed by atoms with Gasteiger partial charge < -0.3 is 15.0 Å². The predicted molar refractivity (Wildman–Crippen MR) is 89.0 cm³/mol. The molecule has 2 unspecified atom stereocenters. The van der Waals surface area contributed by atoms with E-state index in [1.54, 1.807) is 7.11 Å². The topological polar surface area (TPSA) is 24.5 Å². The lowest BCUT2D eigenvalue weighted by Crippen LogP contribution is -2.45. The summed E-state index contributed by atoms with van der Waals surface area (Å²) in [5, 5.41) is 3.73. The molecule has 0 amide bonds. The normalized spacial score (nSPS) is 19.2. The highest BCUT2D eigenvalue weighted by Crippen LogP contribution is 2.19. The second kappa shape index (κ2) is 8.40. The fourth-order valence-corrected chi connectivity index (χ4v) is 3.33. The Labute approximate surface area is 129 Å². The summed E-state index contributed by atoms with van der Waals surface area (Å²) in [5.41, 5.74) is 1.28. The number of likely N-dealkylation sites (tertiary alicyclic amines) is 1. The summed E-state index contributed by atoms with van der Waals surface area (Å²) < 4.78 is 5.44. The molecule has 0 radical (unpaired) electrons. The maximum Gasteiger partial charge on any atom is 0.122 e. The molecule has 0 saturated carbocycles. The third-order valence-electron chi connectivity index (χ3n) is 4.27. The Morgan fingerprint density at radius 2 is 1.81 bits per heavy atom. The molecule has 1 fully saturated rings. The lowest BCUT2D eigenvalue weighted by Gasteiger charge is -2.30. The summed E-state index contributed by atoms with van der Waals surface area (Å²) in [6.07, 6.45) is 5.14. The van der Waals surface area contributed by atoms with Gasteiger partial charge in [0.1, 0.15) is 5.75 Å². The molecular weight excluding hydrogens is 260 g/mol. The molecule has 3 nitrogen and oxygen atoms in total. The van der Waals surface area contributed by atoms with Gasteiger partial charge in [0.05, 0.1) is 7.11 Å². The van der Waals surface area contributed by atoms with Crippen LogP contribution >= 0.6 is 0 Å². The fourth-order valence-electron chi connectivity index (χ4n) is 3.33. The van der Waals surface area contributed by atoms with E-state index in [2.05, 4.69) is 36.2 Å². The number of rotatable bonds is 7. The molecule has 0 aliphatic carbocycles. The zero-order chi connectivity index (χ0) is 15.1. The van der Waals surface area contributed by atoms with Crippen molar-refractivity contribution in [3.8, 4) is 5.75 Å². The van der Waals surface area contributed by atoms with Gasteiger partial charge in [-0.15, -0.1) is 0 Å². The number of methoxy groups -OCH3 is 1. The first-order valence-electron chi connectivity index (χ1n) is 8.29. The second-order valence-electron chi connectivity index (χ2n) is 6.35. The third kappa shape index (κ3) is 5.33. The highest BCUT2D eigenvalue weighted by Gasteiger charge is 2.15. The summed E-state index contributed by atoms with van der Waals surface area (Å²) in [7, 11) is 1.75. The number of hydrogen-bond acceptors (Lipinski definition) is 3. The highest BCUT2D eigenvalue weighted by atomic mass is 16.5. The zero-order valence-corrected chi connectivity index (χ0v) is 13.8. The lowest BCUT2D eigenvalue weighted by molar-refractivity contribution is 0.205. The van der Waals surface area contributed by atoms with Crippen LogP contribution in [0.25, 0.3) is 0 Å². The molecular formula is C18H30N2O. The van der Waals surface area contributed by atoms with Crippen LogP contribution in [0.15, 0.2) is 24.3 Å². The standard InChI is InChI=1S/C18H30N2O/c1-15(13-17-9-5-6-10-18(17)21-3)19-16(2)14-20-11-7-4-8-12-20/h5-6,9-10,15-16,19H,4,7-8,11-14H2,1-3H3. The van der Waals surface area contributed by atoms with Crippen molar-refractivity contribution in [3.05, 3.63) is 29.8 Å². The average molecular weight is 290 g/mol. The van der Waals surface area contributed by atoms with Crippen molar-refractivity contribution in [2.75, 3.05) is 26.7 Å². The van der Waals surface area contributed by atoms with E-state index in [9.17, 15) is 0 Å². The molecule has 2 rings (SSSR count). The van der Waals surface area contributed by atoms with E-state index < -0.39 is 0 Å². The quantitative estimate of drug-likeness (QED) is 0.835. The molecule has 0 bridgehead atoms. The van der Waals surface area contributed by atoms with Gasteiger partial charge in [-0.1, -0.05) is 24.6 Å². The van der Waals surface area contributed by atoms with Crippen LogP contribution in [0, 0.1) is 0 Å². The number of nitrogens with one attached hydrogen (secondary N) is 1. The van der Waals surface area contributed by atoms with Crippen LogP contribution < -0.4 is 10.1 Å². The average Bonchev–Trinajstić information content (AvgIpc) is 2.48. The minimum Gasteiger partial charge on any atom is -0.496 e. The van der Waals surface area contributed by atoms with Gasteiger partial charge in [0.15, 0.2) is 0 Å². The molecule has 0 spiro atoms. The first-order valence-corrected chi connectivity index (χ1v) is 8.29. The number of nitrogens with zero attached hydrogens (tertiary/aromatic N) is 1. The van der Waals surface area contributed by atoms with E-state index in [0.29, 0.717) is 12.1 Å². The molecule has 1 aromatic rings. The first kappa shape index (κ1) is 16.3. The van der Waals surface area contributed by atoms with Crippen LogP contribution in [-0.4, -0.2) is 43.7 Å². The molecule has 1 saturated heterocycles. The Balaban J connectivity index is 1.79. The van der Waals surface area contributed by atoms with Crippen LogP contribution in [0.5, 0.6) is 5.75 Å². The van der Waals surface area contributed by atoms with Crippen LogP contribution in [0.4, 0.5) is 0 Å². The van der Waals surface area contributed by atoms with Gasteiger partial charge in [0, 0.05) is 18.6 Å². The first-order chi connectivity index (χ1) is 10.2. The molecule has 1 heterocycles. The Morgan fingerprint density at radius 1 is 1.10 bits per heavy atom. The van der Waals surface area contributed by atoms with Crippen molar-refractivity contribution in [3.63, 3.8) is 0 Å². The van der Waals surface area contributed by atoms with Gasteiger partial charge in [-0.3, -0.25) is 0 Å². The predicted octanol–water partition coefficient (Wildman–Crippen LogP) is 3.09. The molecule has 1 aromatic carbocycles. The van der Waals surface area contributed by atoms with Crippen molar-refractivity contribution >= 4 is 0 Å². The molecule has 0 aromatic heterocycles. The van der Waals surface area contributed by atoms with E-state index in [1.165, 1.54) is 37.9 Å². The van der Waals surface area contributed by atoms with E-state index in [-0.39, 0.29) is 0 Å². The fraction of sp³-hybridized carbons (Fsp3) is 0.667. The van der Waals surface area contributed by atoms with Crippen molar-refractivity contribution in [1.29, 1.82) is 0 Å². The summed E-state index contributed by atoms with van der Waals surface area (Å²) in [5.74, 6) is 0.995. The van der Waals surface area contributed by atoms with Gasteiger partial charge in [-0.2, -0.15) is 0 Å². The van der Waals surface area contributed by atoms with E-state index in [0.717, 1.165) is 18.7 Å².